The van der Waals surface area contributed by atoms with Crippen molar-refractivity contribution in [1.82, 2.24) is 9.97 Å². The molecule has 0 saturated carbocycles. The zero-order chi connectivity index (χ0) is 12.4. The van der Waals surface area contributed by atoms with Crippen LogP contribution in [0.4, 0.5) is 0 Å². The summed E-state index contributed by atoms with van der Waals surface area (Å²) in [4.78, 5) is 10.2. The summed E-state index contributed by atoms with van der Waals surface area (Å²) in [5.74, 6) is 0.393. The molecular formula is C13H17N3S. The fraction of sp³-hybridized carbons (Fsp3) is 0.385. The molecule has 0 aliphatic rings. The first-order chi connectivity index (χ1) is 8.09. The number of hydrogen-bond donors (Lipinski definition) is 1. The summed E-state index contributed by atoms with van der Waals surface area (Å²) in [6.07, 6.45) is 1.79. The van der Waals surface area contributed by atoms with Gasteiger partial charge in [-0.2, -0.15) is 0 Å². The van der Waals surface area contributed by atoms with Crippen LogP contribution in [-0.4, -0.2) is 9.97 Å². The lowest BCUT2D eigenvalue weighted by molar-refractivity contribution is 0.763. The molecule has 0 saturated heterocycles. The highest BCUT2D eigenvalue weighted by atomic mass is 32.1. The Kier molecular flexibility index (Phi) is 3.54. The maximum absolute atomic E-state index is 5.99. The normalized spacial score (nSPS) is 13.0. The van der Waals surface area contributed by atoms with Crippen molar-refractivity contribution < 1.29 is 0 Å². The molecule has 90 valence electrons. The Balaban J connectivity index is 2.48. The minimum Gasteiger partial charge on any atom is -0.323 e. The Hall–Kier alpha value is -1.26. The van der Waals surface area contributed by atoms with Gasteiger partial charge in [-0.3, -0.25) is 4.98 Å². The quantitative estimate of drug-likeness (QED) is 0.905. The van der Waals surface area contributed by atoms with E-state index in [1.807, 2.05) is 25.1 Å². The highest BCUT2D eigenvalue weighted by molar-refractivity contribution is 7.15. The van der Waals surface area contributed by atoms with E-state index in [0.29, 0.717) is 5.92 Å². The standard InChI is InChI=1S/C13H17N3S/c1-8(2)11-12(9(3)14)17-13(16-11)10-6-4-5-7-15-10/h4-9H,14H2,1-3H3. The van der Waals surface area contributed by atoms with Crippen LogP contribution in [0.25, 0.3) is 10.7 Å². The molecule has 0 spiro atoms. The van der Waals surface area contributed by atoms with Gasteiger partial charge in [-0.15, -0.1) is 11.3 Å². The van der Waals surface area contributed by atoms with Crippen molar-refractivity contribution >= 4 is 11.3 Å². The summed E-state index contributed by atoms with van der Waals surface area (Å²) < 4.78 is 0. The van der Waals surface area contributed by atoms with Gasteiger partial charge in [0, 0.05) is 17.1 Å². The lowest BCUT2D eigenvalue weighted by Gasteiger charge is -2.07. The Bertz CT molecular complexity index is 463. The maximum Gasteiger partial charge on any atom is 0.142 e. The van der Waals surface area contributed by atoms with E-state index in [9.17, 15) is 0 Å². The number of thiazole rings is 1. The number of nitrogens with zero attached hydrogens (tertiary/aromatic N) is 2. The third-order valence-electron chi connectivity index (χ3n) is 2.53. The van der Waals surface area contributed by atoms with Crippen molar-refractivity contribution in [3.05, 3.63) is 35.0 Å². The number of pyridine rings is 1. The average molecular weight is 247 g/mol. The van der Waals surface area contributed by atoms with Gasteiger partial charge < -0.3 is 5.73 Å². The lowest BCUT2D eigenvalue weighted by Crippen LogP contribution is -2.06. The van der Waals surface area contributed by atoms with Gasteiger partial charge in [0.15, 0.2) is 0 Å². The predicted molar refractivity (Wildman–Crippen MR) is 72.0 cm³/mol. The Morgan fingerprint density at radius 3 is 2.47 bits per heavy atom. The van der Waals surface area contributed by atoms with E-state index in [1.54, 1.807) is 17.5 Å². The zero-order valence-electron chi connectivity index (χ0n) is 10.3. The van der Waals surface area contributed by atoms with Crippen LogP contribution in [-0.2, 0) is 0 Å². The molecule has 0 amide bonds. The first-order valence-electron chi connectivity index (χ1n) is 5.77. The van der Waals surface area contributed by atoms with Gasteiger partial charge in [-0.25, -0.2) is 4.98 Å². The number of hydrogen-bond acceptors (Lipinski definition) is 4. The second-order valence-corrected chi connectivity index (χ2v) is 5.46. The lowest BCUT2D eigenvalue weighted by atomic mass is 10.1. The highest BCUT2D eigenvalue weighted by Gasteiger charge is 2.18. The van der Waals surface area contributed by atoms with E-state index in [4.69, 9.17) is 5.73 Å². The van der Waals surface area contributed by atoms with Crippen LogP contribution < -0.4 is 5.73 Å². The molecule has 2 heterocycles. The smallest absolute Gasteiger partial charge is 0.142 e. The number of aromatic nitrogens is 2. The van der Waals surface area contributed by atoms with E-state index in [2.05, 4.69) is 23.8 Å². The summed E-state index contributed by atoms with van der Waals surface area (Å²) in [5, 5.41) is 0.960. The van der Waals surface area contributed by atoms with Gasteiger partial charge >= 0.3 is 0 Å². The summed E-state index contributed by atoms with van der Waals surface area (Å²) in [6, 6.07) is 5.90. The Morgan fingerprint density at radius 1 is 1.24 bits per heavy atom. The Morgan fingerprint density at radius 2 is 2.00 bits per heavy atom. The molecule has 2 rings (SSSR count). The van der Waals surface area contributed by atoms with E-state index in [0.717, 1.165) is 16.4 Å². The average Bonchev–Trinajstić information content (AvgIpc) is 2.75. The van der Waals surface area contributed by atoms with Crippen LogP contribution in [0.5, 0.6) is 0 Å². The van der Waals surface area contributed by atoms with Crippen molar-refractivity contribution in [2.24, 2.45) is 5.73 Å². The molecule has 1 unspecified atom stereocenters. The van der Waals surface area contributed by atoms with E-state index >= 15 is 0 Å². The van der Waals surface area contributed by atoms with Gasteiger partial charge in [0.1, 0.15) is 5.01 Å². The van der Waals surface area contributed by atoms with Crippen molar-refractivity contribution in [1.29, 1.82) is 0 Å². The fourth-order valence-electron chi connectivity index (χ4n) is 1.68. The van der Waals surface area contributed by atoms with Gasteiger partial charge in [-0.1, -0.05) is 19.9 Å². The van der Waals surface area contributed by atoms with Gasteiger partial charge in [0.2, 0.25) is 0 Å². The maximum atomic E-state index is 5.99. The van der Waals surface area contributed by atoms with Crippen LogP contribution in [0.3, 0.4) is 0 Å². The summed E-state index contributed by atoms with van der Waals surface area (Å²) in [6.45, 7) is 6.29. The molecule has 17 heavy (non-hydrogen) atoms. The summed E-state index contributed by atoms with van der Waals surface area (Å²) >= 11 is 1.65. The topological polar surface area (TPSA) is 51.8 Å². The monoisotopic (exact) mass is 247 g/mol. The zero-order valence-corrected chi connectivity index (χ0v) is 11.2. The second kappa shape index (κ2) is 4.94. The number of rotatable bonds is 3. The van der Waals surface area contributed by atoms with Gasteiger partial charge in [0.05, 0.1) is 11.4 Å². The number of nitrogens with two attached hydrogens (primary N) is 1. The third-order valence-corrected chi connectivity index (χ3v) is 3.82. The van der Waals surface area contributed by atoms with Crippen molar-refractivity contribution in [2.45, 2.75) is 32.7 Å². The van der Waals surface area contributed by atoms with Crippen LogP contribution in [0.2, 0.25) is 0 Å². The van der Waals surface area contributed by atoms with E-state index < -0.39 is 0 Å². The molecule has 3 nitrogen and oxygen atoms in total. The molecule has 4 heteroatoms. The molecular weight excluding hydrogens is 230 g/mol. The largest absolute Gasteiger partial charge is 0.323 e. The highest BCUT2D eigenvalue weighted by Crippen LogP contribution is 2.33. The fourth-order valence-corrected chi connectivity index (χ4v) is 2.83. The minimum absolute atomic E-state index is 0.0300. The summed E-state index contributed by atoms with van der Waals surface area (Å²) in [5.41, 5.74) is 8.02. The Labute approximate surface area is 106 Å². The predicted octanol–water partition coefficient (Wildman–Crippen LogP) is 3.35. The first-order valence-corrected chi connectivity index (χ1v) is 6.59. The molecule has 0 aromatic carbocycles. The van der Waals surface area contributed by atoms with E-state index in [-0.39, 0.29) is 6.04 Å². The van der Waals surface area contributed by atoms with Crippen LogP contribution in [0, 0.1) is 0 Å². The van der Waals surface area contributed by atoms with Crippen molar-refractivity contribution in [2.75, 3.05) is 0 Å². The molecule has 0 fully saturated rings. The van der Waals surface area contributed by atoms with Gasteiger partial charge in [-0.05, 0) is 25.0 Å². The van der Waals surface area contributed by atoms with Crippen molar-refractivity contribution in [3.63, 3.8) is 0 Å². The minimum atomic E-state index is 0.0300. The third kappa shape index (κ3) is 2.53. The summed E-state index contributed by atoms with van der Waals surface area (Å²) in [7, 11) is 0. The molecule has 0 aliphatic carbocycles. The molecule has 2 aromatic heterocycles. The van der Waals surface area contributed by atoms with Crippen LogP contribution in [0.15, 0.2) is 24.4 Å². The van der Waals surface area contributed by atoms with Gasteiger partial charge in [0.25, 0.3) is 0 Å². The second-order valence-electron chi connectivity index (χ2n) is 4.43. The van der Waals surface area contributed by atoms with Crippen molar-refractivity contribution in [3.8, 4) is 10.7 Å². The molecule has 0 radical (unpaired) electrons. The van der Waals surface area contributed by atoms with Crippen LogP contribution >= 0.6 is 11.3 Å². The SMILES string of the molecule is CC(C)c1nc(-c2ccccn2)sc1C(C)N. The van der Waals surface area contributed by atoms with E-state index in [1.165, 1.54) is 4.88 Å². The molecule has 0 bridgehead atoms. The molecule has 2 N–H and O–H groups in total. The molecule has 1 atom stereocenters. The first kappa shape index (κ1) is 12.2. The molecule has 2 aromatic rings. The molecule has 0 aliphatic heterocycles. The van der Waals surface area contributed by atoms with Crippen LogP contribution in [0.1, 0.15) is 43.3 Å².